The lowest BCUT2D eigenvalue weighted by molar-refractivity contribution is -0.137. The molecule has 2 saturated heterocycles. The van der Waals surface area contributed by atoms with E-state index < -0.39 is 24.3 Å². The highest BCUT2D eigenvalue weighted by Gasteiger charge is 2.57. The number of nitrogens with one attached hydrogen (secondary N) is 4. The predicted molar refractivity (Wildman–Crippen MR) is 210 cm³/mol. The highest BCUT2D eigenvalue weighted by Crippen LogP contribution is 2.54. The summed E-state index contributed by atoms with van der Waals surface area (Å²) >= 11 is 0. The Balaban J connectivity index is 0.931. The minimum atomic E-state index is -0.673. The van der Waals surface area contributed by atoms with E-state index in [0.29, 0.717) is 11.8 Å². The molecule has 2 aromatic heterocycles. The van der Waals surface area contributed by atoms with Crippen LogP contribution in [0.25, 0.3) is 33.6 Å². The van der Waals surface area contributed by atoms with E-state index in [1.54, 1.807) is 0 Å². The molecule has 2 aliphatic carbocycles. The van der Waals surface area contributed by atoms with Crippen LogP contribution in [-0.2, 0) is 19.1 Å². The molecule has 2 unspecified atom stereocenters. The second-order valence-electron chi connectivity index (χ2n) is 16.5. The van der Waals surface area contributed by atoms with Crippen molar-refractivity contribution in [3.8, 4) is 33.6 Å². The maximum Gasteiger partial charge on any atom is 0.407 e. The molecule has 4 aliphatic rings. The molecule has 13 heteroatoms. The number of benzene rings is 2. The van der Waals surface area contributed by atoms with Crippen molar-refractivity contribution >= 4 is 24.0 Å². The van der Waals surface area contributed by atoms with Crippen LogP contribution in [0, 0.1) is 23.7 Å². The number of methoxy groups -OCH3 is 2. The van der Waals surface area contributed by atoms with Gasteiger partial charge in [-0.3, -0.25) is 9.59 Å². The van der Waals surface area contributed by atoms with Crippen molar-refractivity contribution in [2.75, 3.05) is 14.2 Å². The van der Waals surface area contributed by atoms with Gasteiger partial charge >= 0.3 is 12.2 Å². The van der Waals surface area contributed by atoms with Gasteiger partial charge in [0, 0.05) is 23.5 Å². The van der Waals surface area contributed by atoms with Gasteiger partial charge in [0.1, 0.15) is 17.9 Å². The monoisotopic (exact) mass is 761 g/mol. The van der Waals surface area contributed by atoms with Crippen LogP contribution in [-0.4, -0.2) is 87.1 Å². The Morgan fingerprint density at radius 2 is 1.09 bits per heavy atom. The Labute approximate surface area is 326 Å². The zero-order valence-corrected chi connectivity index (χ0v) is 32.7. The summed E-state index contributed by atoms with van der Waals surface area (Å²) in [4.78, 5) is 67.4. The van der Waals surface area contributed by atoms with Gasteiger partial charge in [0.25, 0.3) is 0 Å². The van der Waals surface area contributed by atoms with Crippen LogP contribution >= 0.6 is 0 Å². The Morgan fingerprint density at radius 1 is 0.625 bits per heavy atom. The van der Waals surface area contributed by atoms with Gasteiger partial charge in [0.2, 0.25) is 11.8 Å². The number of H-pyrrole nitrogens is 2. The van der Waals surface area contributed by atoms with Crippen molar-refractivity contribution in [1.29, 1.82) is 0 Å². The van der Waals surface area contributed by atoms with Crippen molar-refractivity contribution in [1.82, 2.24) is 35.4 Å². The third-order valence-corrected chi connectivity index (χ3v) is 12.2. The summed E-state index contributed by atoms with van der Waals surface area (Å²) in [7, 11) is 2.61. The molecule has 8 atom stereocenters. The number of carbonyl (C=O) groups is 4. The number of hydrogen-bond acceptors (Lipinski definition) is 7. The molecule has 56 heavy (non-hydrogen) atoms. The first-order chi connectivity index (χ1) is 26.9. The molecule has 0 radical (unpaired) electrons. The number of amides is 4. The highest BCUT2D eigenvalue weighted by molar-refractivity contribution is 5.88. The molecular formula is C43H51N7O6. The number of rotatable bonds is 11. The van der Waals surface area contributed by atoms with Gasteiger partial charge in [-0.1, -0.05) is 76.2 Å². The van der Waals surface area contributed by atoms with Crippen molar-refractivity contribution < 1.29 is 28.7 Å². The van der Waals surface area contributed by atoms with Crippen LogP contribution in [0.3, 0.4) is 0 Å². The molecule has 13 nitrogen and oxygen atoms in total. The normalized spacial score (nSPS) is 24.4. The fourth-order valence-corrected chi connectivity index (χ4v) is 8.90. The van der Waals surface area contributed by atoms with Crippen molar-refractivity contribution in [3.63, 3.8) is 0 Å². The Morgan fingerprint density at radius 3 is 1.59 bits per heavy atom. The molecule has 2 aliphatic heterocycles. The molecule has 294 valence electrons. The predicted octanol–water partition coefficient (Wildman–Crippen LogP) is 6.82. The summed E-state index contributed by atoms with van der Waals surface area (Å²) in [5.74, 6) is 1.37. The summed E-state index contributed by atoms with van der Waals surface area (Å²) in [5.41, 5.74) is 7.08. The fourth-order valence-electron chi connectivity index (χ4n) is 8.90. The minimum absolute atomic E-state index is 0.0604. The largest absolute Gasteiger partial charge is 0.453 e. The average Bonchev–Trinajstić information content (AvgIpc) is 3.79. The van der Waals surface area contributed by atoms with Crippen LogP contribution in [0.1, 0.15) is 77.0 Å². The van der Waals surface area contributed by atoms with Crippen molar-refractivity contribution in [2.24, 2.45) is 23.7 Å². The van der Waals surface area contributed by atoms with Gasteiger partial charge < -0.3 is 39.9 Å². The van der Waals surface area contributed by atoms with Crippen molar-refractivity contribution in [3.05, 3.63) is 78.4 Å². The van der Waals surface area contributed by atoms with E-state index in [-0.39, 0.29) is 47.8 Å². The molecular weight excluding hydrogens is 711 g/mol. The Bertz CT molecular complexity index is 1960. The van der Waals surface area contributed by atoms with E-state index in [4.69, 9.17) is 14.5 Å². The smallest absolute Gasteiger partial charge is 0.407 e. The number of carbonyl (C=O) groups excluding carboxylic acids is 4. The number of nitrogens with zero attached hydrogens (tertiary/aromatic N) is 3. The summed E-state index contributed by atoms with van der Waals surface area (Å²) in [6.07, 6.45) is 4.36. The van der Waals surface area contributed by atoms with Gasteiger partial charge in [-0.15, -0.1) is 0 Å². The first kappa shape index (κ1) is 37.3. The highest BCUT2D eigenvalue weighted by atomic mass is 16.5. The number of aromatic amines is 2. The Hall–Kier alpha value is -5.59. The number of hydrogen-bond donors (Lipinski definition) is 4. The second-order valence-corrected chi connectivity index (χ2v) is 16.5. The van der Waals surface area contributed by atoms with Gasteiger partial charge in [-0.05, 0) is 83.7 Å². The third kappa shape index (κ3) is 7.03. The maximum absolute atomic E-state index is 13.8. The molecule has 4 fully saturated rings. The van der Waals surface area contributed by atoms with Crippen molar-refractivity contribution in [2.45, 2.75) is 89.6 Å². The van der Waals surface area contributed by atoms with Crippen LogP contribution in [0.4, 0.5) is 9.59 Å². The van der Waals surface area contributed by atoms with E-state index in [1.165, 1.54) is 14.2 Å². The molecule has 0 bridgehead atoms. The molecule has 2 aromatic carbocycles. The molecule has 0 spiro atoms. The lowest BCUT2D eigenvalue weighted by Crippen LogP contribution is -2.52. The summed E-state index contributed by atoms with van der Waals surface area (Å²) in [5, 5.41) is 5.49. The summed E-state index contributed by atoms with van der Waals surface area (Å²) in [6.45, 7) is 7.71. The fraction of sp³-hybridized carbons (Fsp3) is 0.465. The number of fused-ring (bicyclic) bond motifs is 2. The van der Waals surface area contributed by atoms with Gasteiger partial charge in [-0.2, -0.15) is 0 Å². The second kappa shape index (κ2) is 14.8. The van der Waals surface area contributed by atoms with Crippen LogP contribution in [0.5, 0.6) is 0 Å². The lowest BCUT2D eigenvalue weighted by atomic mass is 10.0. The van der Waals surface area contributed by atoms with E-state index in [2.05, 4.69) is 81.3 Å². The quantitative estimate of drug-likeness (QED) is 0.130. The maximum atomic E-state index is 13.8. The number of alkyl carbamates (subject to hydrolysis) is 2. The number of likely N-dealkylation sites (tertiary alicyclic amines) is 2. The molecule has 4 N–H and O–H groups in total. The van der Waals surface area contributed by atoms with E-state index >= 15 is 0 Å². The number of aromatic nitrogens is 3. The first-order valence-corrected chi connectivity index (χ1v) is 19.7. The van der Waals surface area contributed by atoms with Gasteiger partial charge in [0.15, 0.2) is 0 Å². The zero-order valence-electron chi connectivity index (χ0n) is 32.7. The van der Waals surface area contributed by atoms with Gasteiger partial charge in [-0.25, -0.2) is 14.6 Å². The number of imidazole rings is 1. The van der Waals surface area contributed by atoms with Crippen LogP contribution in [0.2, 0.25) is 0 Å². The average molecular weight is 762 g/mol. The number of ether oxygens (including phenoxy) is 2. The SMILES string of the molecule is COC(=O)N[C@H](C(=O)N1C(c2ccc(-c3ccc(-c4ccc(-c5cnc(C6C[C@@H]7C[C@@H]7N6C(=O)[C@@H](NC(=O)OC)C(C)C)[nH]5)cc4)cc3)[nH]2)C[C@@H]2C[C@@H]21)C(C)C. The van der Waals surface area contributed by atoms with Crippen LogP contribution in [0.15, 0.2) is 66.9 Å². The van der Waals surface area contributed by atoms with Crippen LogP contribution < -0.4 is 10.6 Å². The molecule has 4 heterocycles. The number of piperidine rings is 2. The third-order valence-electron chi connectivity index (χ3n) is 12.2. The first-order valence-electron chi connectivity index (χ1n) is 19.7. The van der Waals surface area contributed by atoms with E-state index in [1.807, 2.05) is 43.7 Å². The Kier molecular flexibility index (Phi) is 9.88. The summed E-state index contributed by atoms with van der Waals surface area (Å²) < 4.78 is 9.60. The summed E-state index contributed by atoms with van der Waals surface area (Å²) in [6, 6.07) is 19.7. The standard InChI is InChI=1S/C43H51N7O6/c1-22(2)37(47-42(53)55-5)40(51)49-33-17-28(33)19-35(49)31-16-15-30(45-31)26-11-7-24(8-12-26)25-9-13-27(14-10-25)32-21-44-39(46-32)36-20-29-18-34(29)50(36)41(52)38(23(3)4)48-43(54)56-6/h7-16,21-23,28-29,33-38,45H,17-20H2,1-6H3,(H,44,46)(H,47,53)(H,48,54)/t28-,29-,33-,34-,35?,36?,37-,38-/m0/s1. The minimum Gasteiger partial charge on any atom is -0.453 e. The molecule has 8 rings (SSSR count). The molecule has 4 aromatic rings. The molecule has 4 amide bonds. The zero-order chi connectivity index (χ0) is 39.4. The topological polar surface area (TPSA) is 162 Å². The molecule has 2 saturated carbocycles. The van der Waals surface area contributed by atoms with E-state index in [0.717, 1.165) is 70.8 Å². The van der Waals surface area contributed by atoms with E-state index in [9.17, 15) is 19.2 Å². The van der Waals surface area contributed by atoms with Gasteiger partial charge in [0.05, 0.1) is 38.2 Å². The lowest BCUT2D eigenvalue weighted by Gasteiger charge is -2.32.